The summed E-state index contributed by atoms with van der Waals surface area (Å²) in [6, 6.07) is 0. The third-order valence-corrected chi connectivity index (χ3v) is 9.87. The van der Waals surface area contributed by atoms with Crippen molar-refractivity contribution in [2.24, 2.45) is 0 Å². The lowest BCUT2D eigenvalue weighted by Crippen LogP contribution is -2.37. The minimum Gasteiger partial charge on any atom is -0.492 e. The molecule has 0 spiro atoms. The summed E-state index contributed by atoms with van der Waals surface area (Å²) in [6.07, 6.45) is 46.8. The average molecular weight is 809 g/mol. The van der Waals surface area contributed by atoms with Crippen molar-refractivity contribution in [1.82, 2.24) is 0 Å². The number of carbonyl (C=O) groups excluding carboxylic acids is 1. The number of allylic oxidation sites excluding steroid dienone is 10. The molecular formula is C46H83NO8P+. The third-order valence-electron chi connectivity index (χ3n) is 8.89. The van der Waals surface area contributed by atoms with E-state index in [2.05, 4.69) is 74.6 Å². The molecule has 2 N–H and O–H groups in total. The van der Waals surface area contributed by atoms with E-state index in [0.29, 0.717) is 17.4 Å². The number of phosphoric ester groups is 1. The quantitative estimate of drug-likeness (QED) is 0.0158. The minimum atomic E-state index is -4.29. The second kappa shape index (κ2) is 38.3. The fourth-order valence-electron chi connectivity index (χ4n) is 5.42. The van der Waals surface area contributed by atoms with Gasteiger partial charge < -0.3 is 24.0 Å². The average Bonchev–Trinajstić information content (AvgIpc) is 3.14. The highest BCUT2D eigenvalue weighted by Crippen LogP contribution is 2.43. The van der Waals surface area contributed by atoms with Gasteiger partial charge in [-0.15, -0.1) is 0 Å². The van der Waals surface area contributed by atoms with E-state index in [1.165, 1.54) is 64.2 Å². The van der Waals surface area contributed by atoms with Crippen molar-refractivity contribution in [1.29, 1.82) is 0 Å². The smallest absolute Gasteiger partial charge is 0.472 e. The van der Waals surface area contributed by atoms with E-state index in [-0.39, 0.29) is 38.3 Å². The summed E-state index contributed by atoms with van der Waals surface area (Å²) in [5.41, 5.74) is 0. The molecule has 0 aromatic rings. The molecule has 0 saturated heterocycles. The van der Waals surface area contributed by atoms with Crippen LogP contribution >= 0.6 is 7.82 Å². The molecule has 0 aromatic heterocycles. The number of quaternary nitrogens is 1. The molecule has 0 radical (unpaired) electrons. The van der Waals surface area contributed by atoms with Crippen LogP contribution in [0.5, 0.6) is 0 Å². The van der Waals surface area contributed by atoms with Gasteiger partial charge in [0.2, 0.25) is 0 Å². The van der Waals surface area contributed by atoms with E-state index in [0.717, 1.165) is 64.2 Å². The molecule has 56 heavy (non-hydrogen) atoms. The number of phosphoric acid groups is 1. The first-order valence-corrected chi connectivity index (χ1v) is 23.3. The van der Waals surface area contributed by atoms with E-state index >= 15 is 0 Å². The maximum absolute atomic E-state index is 12.5. The Kier molecular flexibility index (Phi) is 36.7. The molecule has 0 rings (SSSR count). The van der Waals surface area contributed by atoms with Crippen molar-refractivity contribution >= 4 is 13.8 Å². The largest absolute Gasteiger partial charge is 0.492 e. The molecule has 3 atom stereocenters. The van der Waals surface area contributed by atoms with Gasteiger partial charge in [-0.25, -0.2) is 4.57 Å². The van der Waals surface area contributed by atoms with Crippen molar-refractivity contribution in [2.75, 3.05) is 47.5 Å². The molecule has 0 saturated carbocycles. The first-order valence-electron chi connectivity index (χ1n) is 21.8. The standard InChI is InChI=1S/C46H82NO8P/c1-6-8-9-10-11-12-13-14-15-16-20-23-26-29-32-35-40-52-45(43-55-56(50,51)54-41-39-47(3,4)5)42-53-46(49)38-34-31-28-25-22-19-17-18-21-24-27-30-33-37-44(48)36-7-2/h12-13,17,19,21,24-25,28,30,33,35,40,44-45,48H,6-11,14-16,18,20,22-23,26-27,29,31-32,34,36-39,41-43H2,1-5H3/p+1/b13-12-,19-17-,24-21-,28-25-,33-30-,40-35+/t44?,45-/m1/s1. The lowest BCUT2D eigenvalue weighted by atomic mass is 10.1. The minimum absolute atomic E-state index is 0.0704. The van der Waals surface area contributed by atoms with Crippen LogP contribution in [0.1, 0.15) is 155 Å². The fourth-order valence-corrected chi connectivity index (χ4v) is 6.16. The van der Waals surface area contributed by atoms with Crippen molar-refractivity contribution in [3.05, 3.63) is 73.1 Å². The van der Waals surface area contributed by atoms with Crippen molar-refractivity contribution in [3.8, 4) is 0 Å². The Morgan fingerprint density at radius 2 is 1.16 bits per heavy atom. The highest BCUT2D eigenvalue weighted by atomic mass is 31.2. The number of carbonyl (C=O) groups is 1. The fraction of sp³-hybridized carbons (Fsp3) is 0.717. The first-order chi connectivity index (χ1) is 27.0. The van der Waals surface area contributed by atoms with Gasteiger partial charge in [0.1, 0.15) is 19.8 Å². The molecule has 0 aliphatic carbocycles. The number of nitrogens with zero attached hydrogens (tertiary/aromatic N) is 1. The number of hydrogen-bond donors (Lipinski definition) is 2. The highest BCUT2D eigenvalue weighted by molar-refractivity contribution is 7.47. The van der Waals surface area contributed by atoms with Gasteiger partial charge in [0, 0.05) is 6.42 Å². The lowest BCUT2D eigenvalue weighted by molar-refractivity contribution is -0.870. The van der Waals surface area contributed by atoms with Gasteiger partial charge in [0.25, 0.3) is 0 Å². The summed E-state index contributed by atoms with van der Waals surface area (Å²) in [6.45, 7) is 4.59. The number of esters is 1. The molecule has 324 valence electrons. The van der Waals surface area contributed by atoms with Crippen LogP contribution in [0.3, 0.4) is 0 Å². The summed E-state index contributed by atoms with van der Waals surface area (Å²) in [4.78, 5) is 22.6. The summed E-state index contributed by atoms with van der Waals surface area (Å²) >= 11 is 0. The van der Waals surface area contributed by atoms with Gasteiger partial charge in [0.05, 0.1) is 40.1 Å². The Balaban J connectivity index is 4.43. The molecule has 9 nitrogen and oxygen atoms in total. The lowest BCUT2D eigenvalue weighted by Gasteiger charge is -2.24. The number of ether oxygens (including phenoxy) is 2. The van der Waals surface area contributed by atoms with E-state index in [1.807, 2.05) is 27.2 Å². The van der Waals surface area contributed by atoms with Gasteiger partial charge in [-0.1, -0.05) is 126 Å². The molecule has 10 heteroatoms. The maximum Gasteiger partial charge on any atom is 0.472 e. The van der Waals surface area contributed by atoms with Crippen LogP contribution in [0.2, 0.25) is 0 Å². The molecule has 0 aromatic carbocycles. The topological polar surface area (TPSA) is 112 Å². The Labute approximate surface area is 343 Å². The molecule has 0 bridgehead atoms. The number of unbranched alkanes of at least 4 members (excludes halogenated alkanes) is 12. The highest BCUT2D eigenvalue weighted by Gasteiger charge is 2.25. The molecule has 0 fully saturated rings. The number of likely N-dealkylation sites (N-methyl/N-ethyl adjacent to an activating group) is 1. The molecule has 0 heterocycles. The molecular weight excluding hydrogens is 725 g/mol. The van der Waals surface area contributed by atoms with Crippen LogP contribution < -0.4 is 0 Å². The zero-order chi connectivity index (χ0) is 41.4. The predicted molar refractivity (Wildman–Crippen MR) is 234 cm³/mol. The number of rotatable bonds is 39. The monoisotopic (exact) mass is 809 g/mol. The zero-order valence-corrected chi connectivity index (χ0v) is 37.1. The normalized spacial score (nSPS) is 15.0. The van der Waals surface area contributed by atoms with Crippen LogP contribution in [0, 0.1) is 0 Å². The van der Waals surface area contributed by atoms with E-state index in [1.54, 1.807) is 6.26 Å². The Morgan fingerprint density at radius 1 is 0.643 bits per heavy atom. The van der Waals surface area contributed by atoms with Crippen molar-refractivity contribution in [3.63, 3.8) is 0 Å². The van der Waals surface area contributed by atoms with E-state index in [9.17, 15) is 19.4 Å². The second-order valence-corrected chi connectivity index (χ2v) is 17.1. The predicted octanol–water partition coefficient (Wildman–Crippen LogP) is 12.0. The number of aliphatic hydroxyl groups excluding tert-OH is 1. The van der Waals surface area contributed by atoms with Gasteiger partial charge in [-0.05, 0) is 89.5 Å². The van der Waals surface area contributed by atoms with Gasteiger partial charge in [-0.2, -0.15) is 0 Å². The number of hydrogen-bond acceptors (Lipinski definition) is 7. The Bertz CT molecular complexity index is 1140. The second-order valence-electron chi connectivity index (χ2n) is 15.6. The number of aliphatic hydroxyl groups is 1. The van der Waals surface area contributed by atoms with Crippen molar-refractivity contribution in [2.45, 2.75) is 167 Å². The van der Waals surface area contributed by atoms with Crippen LogP contribution in [-0.2, 0) is 27.9 Å². The van der Waals surface area contributed by atoms with E-state index < -0.39 is 13.9 Å². The molecule has 2 unspecified atom stereocenters. The zero-order valence-electron chi connectivity index (χ0n) is 36.2. The molecule has 0 amide bonds. The molecule has 0 aliphatic rings. The van der Waals surface area contributed by atoms with Crippen LogP contribution in [0.25, 0.3) is 0 Å². The molecule has 0 aliphatic heterocycles. The SMILES string of the molecule is CCCCCC/C=C\CCCCCCCC/C=C/O[C@H](COC(=O)CCC/C=C\C/C=C\C/C=C\C/C=C\CC(O)CCC)COP(=O)(O)OCC[N+](C)(C)C. The van der Waals surface area contributed by atoms with Gasteiger partial charge >= 0.3 is 13.8 Å². The van der Waals surface area contributed by atoms with Gasteiger partial charge in [0.15, 0.2) is 6.10 Å². The van der Waals surface area contributed by atoms with Crippen LogP contribution in [0.15, 0.2) is 73.1 Å². The van der Waals surface area contributed by atoms with Crippen LogP contribution in [0.4, 0.5) is 0 Å². The summed E-state index contributed by atoms with van der Waals surface area (Å²) < 4.78 is 34.7. The van der Waals surface area contributed by atoms with Crippen LogP contribution in [-0.4, -0.2) is 80.2 Å². The van der Waals surface area contributed by atoms with E-state index in [4.69, 9.17) is 18.5 Å². The third kappa shape index (κ3) is 41.4. The van der Waals surface area contributed by atoms with Gasteiger partial charge in [-0.3, -0.25) is 13.8 Å². The summed E-state index contributed by atoms with van der Waals surface area (Å²) in [7, 11) is 1.61. The summed E-state index contributed by atoms with van der Waals surface area (Å²) in [5, 5.41) is 9.73. The maximum atomic E-state index is 12.5. The van der Waals surface area contributed by atoms with Crippen molar-refractivity contribution < 1.29 is 42.4 Å². The first kappa shape index (κ1) is 53.7. The Hall–Kier alpha value is -2.26. The Morgan fingerprint density at radius 3 is 1.75 bits per heavy atom. The summed E-state index contributed by atoms with van der Waals surface area (Å²) in [5.74, 6) is -0.348.